The number of amides is 2. The Balaban J connectivity index is 1.36. The molecule has 0 spiro atoms. The molecule has 0 bridgehead atoms. The second kappa shape index (κ2) is 6.82. The van der Waals surface area contributed by atoms with Gasteiger partial charge in [0.15, 0.2) is 0 Å². The number of hydrogen-bond acceptors (Lipinski definition) is 5. The van der Waals surface area contributed by atoms with E-state index in [0.717, 1.165) is 30.8 Å². The molecule has 2 amide bonds. The van der Waals surface area contributed by atoms with Gasteiger partial charge in [-0.05, 0) is 36.9 Å². The minimum Gasteiger partial charge on any atom is -0.339 e. The number of piperidine rings is 1. The summed E-state index contributed by atoms with van der Waals surface area (Å²) in [7, 11) is 0. The molecule has 0 radical (unpaired) electrons. The van der Waals surface area contributed by atoms with Crippen molar-refractivity contribution in [3.05, 3.63) is 22.4 Å². The molecule has 7 heteroatoms. The molecule has 2 aromatic rings. The number of hydrogen-bond donors (Lipinski definition) is 1. The van der Waals surface area contributed by atoms with Crippen LogP contribution in [0.4, 0.5) is 0 Å². The number of thiophene rings is 2. The third-order valence-electron chi connectivity index (χ3n) is 4.87. The molecule has 2 fully saturated rings. The van der Waals surface area contributed by atoms with Gasteiger partial charge in [-0.3, -0.25) is 9.59 Å². The number of rotatable bonds is 2. The summed E-state index contributed by atoms with van der Waals surface area (Å²) in [6, 6.07) is 4.06. The second-order valence-electron chi connectivity index (χ2n) is 6.42. The average molecular weight is 364 g/mol. The Morgan fingerprint density at radius 3 is 2.62 bits per heavy atom. The molecule has 0 saturated carbocycles. The van der Waals surface area contributed by atoms with Crippen molar-refractivity contribution in [2.24, 2.45) is 5.92 Å². The third-order valence-corrected chi connectivity index (χ3v) is 6.96. The van der Waals surface area contributed by atoms with Gasteiger partial charge >= 0.3 is 0 Å². The van der Waals surface area contributed by atoms with Gasteiger partial charge in [0.1, 0.15) is 0 Å². The lowest BCUT2D eigenvalue weighted by Crippen LogP contribution is -2.53. The molecule has 2 saturated heterocycles. The highest BCUT2D eigenvalue weighted by Gasteiger charge is 2.30. The highest BCUT2D eigenvalue weighted by Crippen LogP contribution is 2.30. The summed E-state index contributed by atoms with van der Waals surface area (Å²) in [6.45, 7) is 4.39. The van der Waals surface area contributed by atoms with E-state index in [1.165, 1.54) is 9.40 Å². The average Bonchev–Trinajstić information content (AvgIpc) is 3.23. The number of nitrogens with one attached hydrogen (secondary N) is 1. The van der Waals surface area contributed by atoms with Crippen LogP contribution in [0.25, 0.3) is 9.40 Å². The summed E-state index contributed by atoms with van der Waals surface area (Å²) in [5.41, 5.74) is 0. The fourth-order valence-electron chi connectivity index (χ4n) is 3.48. The fraction of sp³-hybridized carbons (Fsp3) is 0.529. The number of nitrogens with zero attached hydrogens (tertiary/aromatic N) is 2. The predicted octanol–water partition coefficient (Wildman–Crippen LogP) is 2.25. The van der Waals surface area contributed by atoms with Gasteiger partial charge in [-0.1, -0.05) is 0 Å². The lowest BCUT2D eigenvalue weighted by atomic mass is 9.98. The molecular weight excluding hydrogens is 342 g/mol. The maximum absolute atomic E-state index is 12.7. The highest BCUT2D eigenvalue weighted by atomic mass is 32.1. The van der Waals surface area contributed by atoms with Crippen LogP contribution in [0.1, 0.15) is 22.5 Å². The number of fused-ring (bicyclic) bond motifs is 1. The smallest absolute Gasteiger partial charge is 0.264 e. The van der Waals surface area contributed by atoms with E-state index < -0.39 is 0 Å². The second-order valence-corrected chi connectivity index (χ2v) is 8.45. The molecule has 2 aromatic heterocycles. The first-order valence-electron chi connectivity index (χ1n) is 8.48. The van der Waals surface area contributed by atoms with Crippen LogP contribution in [0.5, 0.6) is 0 Å². The van der Waals surface area contributed by atoms with E-state index in [1.807, 2.05) is 15.9 Å². The van der Waals surface area contributed by atoms with Crippen LogP contribution in [-0.4, -0.2) is 60.9 Å². The van der Waals surface area contributed by atoms with Crippen molar-refractivity contribution in [2.45, 2.75) is 12.8 Å². The van der Waals surface area contributed by atoms with Gasteiger partial charge in [0.2, 0.25) is 5.91 Å². The van der Waals surface area contributed by atoms with E-state index in [1.54, 1.807) is 22.7 Å². The Hall–Kier alpha value is -1.44. The zero-order chi connectivity index (χ0) is 16.5. The van der Waals surface area contributed by atoms with Crippen LogP contribution in [0.3, 0.4) is 0 Å². The van der Waals surface area contributed by atoms with Crippen LogP contribution in [0.2, 0.25) is 0 Å². The summed E-state index contributed by atoms with van der Waals surface area (Å²) < 4.78 is 2.36. The molecule has 24 heavy (non-hydrogen) atoms. The van der Waals surface area contributed by atoms with Crippen LogP contribution in [0, 0.1) is 5.92 Å². The standard InChI is InChI=1S/C17H21N3O2S2/c21-16(12-2-1-4-18-11-12)19-5-7-20(8-6-19)17(22)15-10-14-13(24-15)3-9-23-14/h3,9-10,12,18H,1-2,4-8,11H2. The molecule has 0 aromatic carbocycles. The van der Waals surface area contributed by atoms with E-state index in [0.29, 0.717) is 26.2 Å². The number of carbonyl (C=O) groups excluding carboxylic acids is 2. The van der Waals surface area contributed by atoms with Crippen LogP contribution >= 0.6 is 22.7 Å². The van der Waals surface area contributed by atoms with Crippen LogP contribution in [-0.2, 0) is 4.79 Å². The van der Waals surface area contributed by atoms with Gasteiger partial charge < -0.3 is 15.1 Å². The molecule has 2 aliphatic rings. The van der Waals surface area contributed by atoms with Gasteiger partial charge in [-0.25, -0.2) is 0 Å². The Morgan fingerprint density at radius 1 is 1.12 bits per heavy atom. The monoisotopic (exact) mass is 363 g/mol. The van der Waals surface area contributed by atoms with Crippen molar-refractivity contribution in [3.8, 4) is 0 Å². The molecule has 5 nitrogen and oxygen atoms in total. The maximum Gasteiger partial charge on any atom is 0.264 e. The predicted molar refractivity (Wildman–Crippen MR) is 97.8 cm³/mol. The van der Waals surface area contributed by atoms with Crippen molar-refractivity contribution < 1.29 is 9.59 Å². The van der Waals surface area contributed by atoms with E-state index in [9.17, 15) is 9.59 Å². The van der Waals surface area contributed by atoms with Crippen molar-refractivity contribution in [3.63, 3.8) is 0 Å². The Labute approximate surface area is 149 Å². The van der Waals surface area contributed by atoms with E-state index in [2.05, 4.69) is 16.8 Å². The molecule has 1 atom stereocenters. The zero-order valence-electron chi connectivity index (χ0n) is 13.5. The Morgan fingerprint density at radius 2 is 1.92 bits per heavy atom. The largest absolute Gasteiger partial charge is 0.339 e. The Bertz CT molecular complexity index is 711. The van der Waals surface area contributed by atoms with E-state index >= 15 is 0 Å². The minimum absolute atomic E-state index is 0.106. The molecule has 1 N–H and O–H groups in total. The van der Waals surface area contributed by atoms with Gasteiger partial charge in [0.05, 0.1) is 10.8 Å². The lowest BCUT2D eigenvalue weighted by molar-refractivity contribution is -0.137. The molecule has 2 aliphatic heterocycles. The summed E-state index contributed by atoms with van der Waals surface area (Å²) in [6.07, 6.45) is 2.06. The molecular formula is C17H21N3O2S2. The van der Waals surface area contributed by atoms with Gasteiger partial charge in [-0.15, -0.1) is 22.7 Å². The van der Waals surface area contributed by atoms with Gasteiger partial charge in [-0.2, -0.15) is 0 Å². The normalized spacial score (nSPS) is 22.1. The first kappa shape index (κ1) is 16.1. The SMILES string of the molecule is O=C(c1cc2sccc2s1)N1CCN(C(=O)C2CCCNC2)CC1. The number of piperazine rings is 1. The van der Waals surface area contributed by atoms with Crippen LogP contribution < -0.4 is 5.32 Å². The Kier molecular flexibility index (Phi) is 4.56. The van der Waals surface area contributed by atoms with Crippen LogP contribution in [0.15, 0.2) is 17.5 Å². The van der Waals surface area contributed by atoms with Gasteiger partial charge in [0, 0.05) is 42.1 Å². The number of carbonyl (C=O) groups is 2. The van der Waals surface area contributed by atoms with Crippen molar-refractivity contribution in [1.82, 2.24) is 15.1 Å². The molecule has 4 heterocycles. The molecule has 0 aliphatic carbocycles. The minimum atomic E-state index is 0.106. The molecule has 1 unspecified atom stereocenters. The maximum atomic E-state index is 12.7. The summed E-state index contributed by atoms with van der Waals surface area (Å²) in [4.78, 5) is 29.9. The van der Waals surface area contributed by atoms with E-state index in [-0.39, 0.29) is 17.7 Å². The topological polar surface area (TPSA) is 52.7 Å². The first-order valence-corrected chi connectivity index (χ1v) is 10.2. The molecule has 4 rings (SSSR count). The van der Waals surface area contributed by atoms with Gasteiger partial charge in [0.25, 0.3) is 5.91 Å². The summed E-state index contributed by atoms with van der Waals surface area (Å²) >= 11 is 3.24. The van der Waals surface area contributed by atoms with E-state index in [4.69, 9.17) is 0 Å². The zero-order valence-corrected chi connectivity index (χ0v) is 15.1. The van der Waals surface area contributed by atoms with Crippen molar-refractivity contribution >= 4 is 43.9 Å². The lowest BCUT2D eigenvalue weighted by Gasteiger charge is -2.37. The highest BCUT2D eigenvalue weighted by molar-refractivity contribution is 7.27. The fourth-order valence-corrected chi connectivity index (χ4v) is 5.55. The third kappa shape index (κ3) is 3.08. The summed E-state index contributed by atoms with van der Waals surface area (Å²) in [5, 5.41) is 5.36. The van der Waals surface area contributed by atoms with Crippen molar-refractivity contribution in [2.75, 3.05) is 39.3 Å². The first-order chi connectivity index (χ1) is 11.7. The summed E-state index contributed by atoms with van der Waals surface area (Å²) in [5.74, 6) is 0.478. The molecule has 128 valence electrons. The quantitative estimate of drug-likeness (QED) is 0.890. The van der Waals surface area contributed by atoms with Crippen molar-refractivity contribution in [1.29, 1.82) is 0 Å².